The molecule has 0 aliphatic carbocycles. The Kier molecular flexibility index (Phi) is 4.37. The van der Waals surface area contributed by atoms with Gasteiger partial charge in [-0.25, -0.2) is 4.68 Å². The van der Waals surface area contributed by atoms with Crippen LogP contribution >= 0.6 is 11.3 Å². The van der Waals surface area contributed by atoms with Gasteiger partial charge in [0.05, 0.1) is 11.4 Å². The standard InChI is InChI=1S/C19H15N3O3S/c23-18-8-7-14(17-6-3-11-26-17)21-22(18)10-9-20-19(24)16-12-13-4-1-2-5-15(13)25-16/h1-8,11-12H,9-10H2,(H,20,24). The number of hydrogen-bond donors (Lipinski definition) is 1. The van der Waals surface area contributed by atoms with E-state index in [1.807, 2.05) is 41.8 Å². The van der Waals surface area contributed by atoms with E-state index in [0.717, 1.165) is 16.0 Å². The molecule has 4 rings (SSSR count). The number of nitrogens with one attached hydrogen (secondary N) is 1. The number of fused-ring (bicyclic) bond motifs is 1. The monoisotopic (exact) mass is 365 g/mol. The van der Waals surface area contributed by atoms with Gasteiger partial charge in [0.1, 0.15) is 11.3 Å². The van der Waals surface area contributed by atoms with Gasteiger partial charge in [-0.1, -0.05) is 24.3 Å². The summed E-state index contributed by atoms with van der Waals surface area (Å²) in [6, 6.07) is 16.2. The second kappa shape index (κ2) is 6.97. The molecule has 3 heterocycles. The van der Waals surface area contributed by atoms with E-state index in [1.54, 1.807) is 23.5 Å². The Hall–Kier alpha value is -3.19. The molecule has 26 heavy (non-hydrogen) atoms. The van der Waals surface area contributed by atoms with Crippen molar-refractivity contribution in [2.75, 3.05) is 6.54 Å². The number of hydrogen-bond acceptors (Lipinski definition) is 5. The molecule has 0 bridgehead atoms. The summed E-state index contributed by atoms with van der Waals surface area (Å²) in [5.74, 6) is -0.0671. The van der Waals surface area contributed by atoms with E-state index in [9.17, 15) is 9.59 Å². The zero-order chi connectivity index (χ0) is 17.9. The molecule has 3 aromatic heterocycles. The van der Waals surface area contributed by atoms with Gasteiger partial charge in [-0.15, -0.1) is 11.3 Å². The lowest BCUT2D eigenvalue weighted by Gasteiger charge is -2.07. The molecule has 7 heteroatoms. The summed E-state index contributed by atoms with van der Waals surface area (Å²) in [5.41, 5.74) is 1.20. The average Bonchev–Trinajstić information content (AvgIpc) is 3.32. The van der Waals surface area contributed by atoms with Gasteiger partial charge in [0.2, 0.25) is 0 Å². The summed E-state index contributed by atoms with van der Waals surface area (Å²) >= 11 is 1.56. The van der Waals surface area contributed by atoms with Crippen LogP contribution in [0.15, 0.2) is 69.2 Å². The molecule has 0 atom stereocenters. The molecule has 0 saturated carbocycles. The van der Waals surface area contributed by atoms with Crippen molar-refractivity contribution in [1.29, 1.82) is 0 Å². The summed E-state index contributed by atoms with van der Waals surface area (Å²) in [6.45, 7) is 0.556. The number of carbonyl (C=O) groups excluding carboxylic acids is 1. The van der Waals surface area contributed by atoms with Crippen molar-refractivity contribution >= 4 is 28.2 Å². The number of nitrogens with zero attached hydrogens (tertiary/aromatic N) is 2. The van der Waals surface area contributed by atoms with Crippen LogP contribution in [0.2, 0.25) is 0 Å². The number of thiophene rings is 1. The van der Waals surface area contributed by atoms with Crippen molar-refractivity contribution in [3.05, 3.63) is 76.1 Å². The van der Waals surface area contributed by atoms with Crippen LogP contribution in [0.25, 0.3) is 21.5 Å². The van der Waals surface area contributed by atoms with Gasteiger partial charge in [-0.05, 0) is 29.6 Å². The summed E-state index contributed by atoms with van der Waals surface area (Å²) in [7, 11) is 0. The number of aromatic nitrogens is 2. The fraction of sp³-hybridized carbons (Fsp3) is 0.105. The summed E-state index contributed by atoms with van der Waals surface area (Å²) in [4.78, 5) is 25.2. The van der Waals surface area contributed by atoms with E-state index in [1.165, 1.54) is 10.7 Å². The molecule has 0 spiro atoms. The maximum absolute atomic E-state index is 12.2. The molecule has 4 aromatic rings. The average molecular weight is 365 g/mol. The second-order valence-corrected chi connectivity index (χ2v) is 6.61. The first kappa shape index (κ1) is 16.3. The zero-order valence-corrected chi connectivity index (χ0v) is 14.5. The quantitative estimate of drug-likeness (QED) is 0.589. The molecule has 0 fully saturated rings. The molecule has 1 N–H and O–H groups in total. The molecule has 130 valence electrons. The minimum absolute atomic E-state index is 0.205. The molecular formula is C19H15N3O3S. The Morgan fingerprint density at radius 2 is 2.04 bits per heavy atom. The van der Waals surface area contributed by atoms with Crippen LogP contribution in [-0.4, -0.2) is 22.2 Å². The van der Waals surface area contributed by atoms with E-state index in [4.69, 9.17) is 4.42 Å². The van der Waals surface area contributed by atoms with Gasteiger partial charge in [0, 0.05) is 18.0 Å². The molecule has 0 aliphatic heterocycles. The van der Waals surface area contributed by atoms with E-state index >= 15 is 0 Å². The van der Waals surface area contributed by atoms with Crippen LogP contribution in [0.5, 0.6) is 0 Å². The van der Waals surface area contributed by atoms with Crippen molar-refractivity contribution in [3.63, 3.8) is 0 Å². The Labute approximate surface area is 152 Å². The second-order valence-electron chi connectivity index (χ2n) is 5.66. The number of furan rings is 1. The number of amides is 1. The third-order valence-electron chi connectivity index (χ3n) is 3.90. The van der Waals surface area contributed by atoms with Crippen LogP contribution in [0.1, 0.15) is 10.6 Å². The van der Waals surface area contributed by atoms with Crippen LogP contribution in [-0.2, 0) is 6.54 Å². The topological polar surface area (TPSA) is 77.1 Å². The minimum atomic E-state index is -0.316. The largest absolute Gasteiger partial charge is 0.451 e. The number of benzene rings is 1. The smallest absolute Gasteiger partial charge is 0.287 e. The van der Waals surface area contributed by atoms with Gasteiger partial charge in [0.25, 0.3) is 11.5 Å². The molecule has 1 amide bonds. The highest BCUT2D eigenvalue weighted by Crippen LogP contribution is 2.21. The Bertz CT molecular complexity index is 1080. The fourth-order valence-corrected chi connectivity index (χ4v) is 3.31. The lowest BCUT2D eigenvalue weighted by molar-refractivity contribution is 0.0926. The molecule has 0 radical (unpaired) electrons. The molecule has 0 aliphatic rings. The predicted octanol–water partition coefficient (Wildman–Crippen LogP) is 3.15. The summed E-state index contributed by atoms with van der Waals surface area (Å²) < 4.78 is 6.88. The van der Waals surface area contributed by atoms with Gasteiger partial charge in [-0.3, -0.25) is 9.59 Å². The van der Waals surface area contributed by atoms with Crippen LogP contribution in [0, 0.1) is 0 Å². The highest BCUT2D eigenvalue weighted by Gasteiger charge is 2.12. The normalized spacial score (nSPS) is 10.9. The van der Waals surface area contributed by atoms with Crippen molar-refractivity contribution in [2.45, 2.75) is 6.54 Å². The van der Waals surface area contributed by atoms with Crippen molar-refractivity contribution < 1.29 is 9.21 Å². The third-order valence-corrected chi connectivity index (χ3v) is 4.79. The first-order valence-electron chi connectivity index (χ1n) is 8.09. The Morgan fingerprint density at radius 3 is 2.85 bits per heavy atom. The van der Waals surface area contributed by atoms with Crippen molar-refractivity contribution in [3.8, 4) is 10.6 Å². The molecule has 0 unspecified atom stereocenters. The summed E-state index contributed by atoms with van der Waals surface area (Å²) in [5, 5.41) is 9.95. The van der Waals surface area contributed by atoms with Crippen molar-refractivity contribution in [2.24, 2.45) is 0 Å². The first-order chi connectivity index (χ1) is 12.7. The Morgan fingerprint density at radius 1 is 1.15 bits per heavy atom. The zero-order valence-electron chi connectivity index (χ0n) is 13.7. The highest BCUT2D eigenvalue weighted by molar-refractivity contribution is 7.13. The maximum atomic E-state index is 12.2. The number of carbonyl (C=O) groups is 1. The third kappa shape index (κ3) is 3.29. The van der Waals surface area contributed by atoms with E-state index in [0.29, 0.717) is 5.58 Å². The predicted molar refractivity (Wildman–Crippen MR) is 100 cm³/mol. The number of rotatable bonds is 5. The lowest BCUT2D eigenvalue weighted by Crippen LogP contribution is -2.31. The van der Waals surface area contributed by atoms with Crippen molar-refractivity contribution in [1.82, 2.24) is 15.1 Å². The molecule has 0 saturated heterocycles. The van der Waals surface area contributed by atoms with E-state index in [-0.39, 0.29) is 30.3 Å². The summed E-state index contributed by atoms with van der Waals surface area (Å²) in [6.07, 6.45) is 0. The van der Waals surface area contributed by atoms with E-state index in [2.05, 4.69) is 10.4 Å². The lowest BCUT2D eigenvalue weighted by atomic mass is 10.2. The van der Waals surface area contributed by atoms with Gasteiger partial charge in [-0.2, -0.15) is 5.10 Å². The van der Waals surface area contributed by atoms with Crippen LogP contribution in [0.4, 0.5) is 0 Å². The maximum Gasteiger partial charge on any atom is 0.287 e. The molecule has 6 nitrogen and oxygen atoms in total. The molecular weight excluding hydrogens is 350 g/mol. The van der Waals surface area contributed by atoms with Gasteiger partial charge < -0.3 is 9.73 Å². The Balaban J connectivity index is 1.43. The fourth-order valence-electron chi connectivity index (χ4n) is 2.62. The van der Waals surface area contributed by atoms with Crippen LogP contribution < -0.4 is 10.9 Å². The van der Waals surface area contributed by atoms with Gasteiger partial charge in [0.15, 0.2) is 5.76 Å². The molecule has 1 aromatic carbocycles. The SMILES string of the molecule is O=C(NCCn1nc(-c2cccs2)ccc1=O)c1cc2ccccc2o1. The highest BCUT2D eigenvalue weighted by atomic mass is 32.1. The van der Waals surface area contributed by atoms with Crippen LogP contribution in [0.3, 0.4) is 0 Å². The first-order valence-corrected chi connectivity index (χ1v) is 8.97. The number of para-hydroxylation sites is 1. The van der Waals surface area contributed by atoms with Gasteiger partial charge >= 0.3 is 0 Å². The van der Waals surface area contributed by atoms with E-state index < -0.39 is 0 Å². The minimum Gasteiger partial charge on any atom is -0.451 e.